The summed E-state index contributed by atoms with van der Waals surface area (Å²) >= 11 is 0. The fourth-order valence-electron chi connectivity index (χ4n) is 4.89. The number of amides is 2. The van der Waals surface area contributed by atoms with Gasteiger partial charge in [0.05, 0.1) is 10.9 Å². The van der Waals surface area contributed by atoms with Crippen LogP contribution in [-0.2, 0) is 21.4 Å². The fraction of sp³-hybridized carbons (Fsp3) is 0.440. The van der Waals surface area contributed by atoms with Gasteiger partial charge in [0.1, 0.15) is 0 Å². The van der Waals surface area contributed by atoms with Gasteiger partial charge in [-0.05, 0) is 69.0 Å². The molecule has 2 aromatic rings. The third-order valence-electron chi connectivity index (χ3n) is 6.78. The molecule has 0 aromatic heterocycles. The van der Waals surface area contributed by atoms with Crippen molar-refractivity contribution >= 4 is 27.5 Å². The highest BCUT2D eigenvalue weighted by Gasteiger charge is 2.32. The molecule has 0 bridgehead atoms. The van der Waals surface area contributed by atoms with Gasteiger partial charge in [-0.2, -0.15) is 4.31 Å². The monoisotopic (exact) mass is 484 g/mol. The average Bonchev–Trinajstić information content (AvgIpc) is 3.29. The first kappa shape index (κ1) is 24.4. The molecule has 2 saturated heterocycles. The summed E-state index contributed by atoms with van der Waals surface area (Å²) in [6, 6.07) is 13.3. The summed E-state index contributed by atoms with van der Waals surface area (Å²) in [5, 5.41) is 2.92. The summed E-state index contributed by atoms with van der Waals surface area (Å²) in [6.07, 6.45) is 4.34. The number of nitrogens with two attached hydrogens (primary N) is 1. The Bertz CT molecular complexity index is 1170. The van der Waals surface area contributed by atoms with Crippen LogP contribution in [0.15, 0.2) is 53.4 Å². The Balaban J connectivity index is 1.53. The minimum atomic E-state index is -3.68. The summed E-state index contributed by atoms with van der Waals surface area (Å²) in [5.41, 5.74) is 7.32. The minimum Gasteiger partial charge on any atom is -0.368 e. The van der Waals surface area contributed by atoms with Crippen LogP contribution in [0.5, 0.6) is 0 Å². The lowest BCUT2D eigenvalue weighted by atomic mass is 10.1. The van der Waals surface area contributed by atoms with Gasteiger partial charge in [0.2, 0.25) is 15.9 Å². The molecule has 0 saturated carbocycles. The van der Waals surface area contributed by atoms with Crippen LogP contribution in [0.25, 0.3) is 0 Å². The number of anilines is 1. The Morgan fingerprint density at radius 2 is 1.82 bits per heavy atom. The van der Waals surface area contributed by atoms with E-state index in [9.17, 15) is 18.0 Å². The van der Waals surface area contributed by atoms with E-state index in [0.29, 0.717) is 18.8 Å². The van der Waals surface area contributed by atoms with Gasteiger partial charge in [-0.1, -0.05) is 30.7 Å². The zero-order valence-corrected chi connectivity index (χ0v) is 20.3. The van der Waals surface area contributed by atoms with Gasteiger partial charge in [-0.25, -0.2) is 8.42 Å². The number of benzene rings is 2. The van der Waals surface area contributed by atoms with Crippen molar-refractivity contribution in [3.05, 3.63) is 59.7 Å². The Hall–Kier alpha value is -2.75. The lowest BCUT2D eigenvalue weighted by Gasteiger charge is -2.32. The number of likely N-dealkylation sites (tertiary alicyclic amines) is 1. The molecule has 0 spiro atoms. The molecule has 2 amide bonds. The quantitative estimate of drug-likeness (QED) is 0.627. The molecular formula is C25H32N4O4S. The Kier molecular flexibility index (Phi) is 7.35. The second kappa shape index (κ2) is 10.2. The summed E-state index contributed by atoms with van der Waals surface area (Å²) < 4.78 is 28.0. The average molecular weight is 485 g/mol. The normalized spacial score (nSPS) is 21.9. The molecule has 2 unspecified atom stereocenters. The number of para-hydroxylation sites is 1. The molecule has 34 heavy (non-hydrogen) atoms. The molecule has 2 fully saturated rings. The first-order valence-corrected chi connectivity index (χ1v) is 13.3. The van der Waals surface area contributed by atoms with Crippen molar-refractivity contribution in [1.29, 1.82) is 0 Å². The second-order valence-corrected chi connectivity index (χ2v) is 11.0. The van der Waals surface area contributed by atoms with E-state index in [1.54, 1.807) is 24.3 Å². The van der Waals surface area contributed by atoms with Gasteiger partial charge in [-0.3, -0.25) is 14.5 Å². The Labute approximate surface area is 201 Å². The molecule has 2 aliphatic rings. The van der Waals surface area contributed by atoms with Crippen LogP contribution in [0.4, 0.5) is 5.69 Å². The van der Waals surface area contributed by atoms with Gasteiger partial charge in [0.25, 0.3) is 5.91 Å². The number of carbonyl (C=O) groups is 2. The van der Waals surface area contributed by atoms with Crippen LogP contribution in [0.3, 0.4) is 0 Å². The number of hydrogen-bond donors (Lipinski definition) is 2. The molecule has 8 nitrogen and oxygen atoms in total. The van der Waals surface area contributed by atoms with E-state index in [-0.39, 0.29) is 34.4 Å². The topological polar surface area (TPSA) is 113 Å². The van der Waals surface area contributed by atoms with Crippen LogP contribution in [0.1, 0.15) is 54.9 Å². The van der Waals surface area contributed by atoms with Crippen molar-refractivity contribution in [2.75, 3.05) is 18.4 Å². The molecular weight excluding hydrogens is 452 g/mol. The highest BCUT2D eigenvalue weighted by Crippen LogP contribution is 2.27. The van der Waals surface area contributed by atoms with Crippen LogP contribution in [0.2, 0.25) is 0 Å². The largest absolute Gasteiger partial charge is 0.368 e. The van der Waals surface area contributed by atoms with Crippen LogP contribution in [-0.4, -0.2) is 54.6 Å². The Morgan fingerprint density at radius 3 is 2.59 bits per heavy atom. The second-order valence-electron chi connectivity index (χ2n) is 9.13. The van der Waals surface area contributed by atoms with Crippen LogP contribution in [0, 0.1) is 0 Å². The number of carbonyl (C=O) groups excluding carboxylic acids is 2. The minimum absolute atomic E-state index is 0.0575. The zero-order valence-electron chi connectivity index (χ0n) is 19.4. The molecule has 3 N–H and O–H groups in total. The number of nitrogens with one attached hydrogen (secondary N) is 1. The van der Waals surface area contributed by atoms with Crippen LogP contribution < -0.4 is 11.1 Å². The number of nitrogens with zero attached hydrogens (tertiary/aromatic N) is 2. The lowest BCUT2D eigenvalue weighted by molar-refractivity contribution is -0.122. The van der Waals surface area contributed by atoms with Crippen molar-refractivity contribution in [3.8, 4) is 0 Å². The lowest BCUT2D eigenvalue weighted by Crippen LogP contribution is -2.41. The van der Waals surface area contributed by atoms with E-state index < -0.39 is 10.0 Å². The van der Waals surface area contributed by atoms with E-state index in [4.69, 9.17) is 5.73 Å². The van der Waals surface area contributed by atoms with Crippen molar-refractivity contribution in [2.24, 2.45) is 5.73 Å². The van der Waals surface area contributed by atoms with Crippen molar-refractivity contribution < 1.29 is 18.0 Å². The van der Waals surface area contributed by atoms with Crippen LogP contribution >= 0.6 is 0 Å². The molecule has 0 radical (unpaired) electrons. The standard InChI is InChI=1S/C25H32N4O4S/c1-18-8-4-5-15-29(18)34(32,33)21-11-6-10-19(16-21)25(31)27-22-12-3-2-9-20(22)17-28-14-7-13-23(28)24(26)30/h2-3,6,9-12,16,18,23H,4-5,7-8,13-15,17H2,1H3,(H2,26,30)(H,27,31). The molecule has 2 aliphatic heterocycles. The first-order chi connectivity index (χ1) is 16.3. The highest BCUT2D eigenvalue weighted by molar-refractivity contribution is 7.89. The van der Waals surface area contributed by atoms with E-state index in [0.717, 1.165) is 44.2 Å². The summed E-state index contributed by atoms with van der Waals surface area (Å²) in [7, 11) is -3.68. The number of primary amides is 1. The molecule has 2 heterocycles. The van der Waals surface area contributed by atoms with E-state index >= 15 is 0 Å². The van der Waals surface area contributed by atoms with Gasteiger partial charge in [0, 0.05) is 30.4 Å². The first-order valence-electron chi connectivity index (χ1n) is 11.8. The summed E-state index contributed by atoms with van der Waals surface area (Å²) in [4.78, 5) is 27.0. The maximum Gasteiger partial charge on any atom is 0.255 e. The van der Waals surface area contributed by atoms with Gasteiger partial charge in [0.15, 0.2) is 0 Å². The molecule has 4 rings (SSSR count). The van der Waals surface area contributed by atoms with Crippen molar-refractivity contribution in [3.63, 3.8) is 0 Å². The number of sulfonamides is 1. The number of piperidine rings is 1. The van der Waals surface area contributed by atoms with Gasteiger partial charge < -0.3 is 11.1 Å². The molecule has 0 aliphatic carbocycles. The maximum atomic E-state index is 13.2. The van der Waals surface area contributed by atoms with E-state index in [1.165, 1.54) is 10.4 Å². The maximum absolute atomic E-state index is 13.2. The number of hydrogen-bond acceptors (Lipinski definition) is 5. The van der Waals surface area contributed by atoms with Gasteiger partial charge >= 0.3 is 0 Å². The molecule has 2 aromatic carbocycles. The summed E-state index contributed by atoms with van der Waals surface area (Å²) in [6.45, 7) is 3.68. The van der Waals surface area contributed by atoms with E-state index in [2.05, 4.69) is 5.32 Å². The summed E-state index contributed by atoms with van der Waals surface area (Å²) in [5.74, 6) is -0.718. The van der Waals surface area contributed by atoms with E-state index in [1.807, 2.05) is 30.0 Å². The highest BCUT2D eigenvalue weighted by atomic mass is 32.2. The predicted octanol–water partition coefficient (Wildman–Crippen LogP) is 2.95. The SMILES string of the molecule is CC1CCCCN1S(=O)(=O)c1cccc(C(=O)Nc2ccccc2CN2CCCC2C(N)=O)c1. The molecule has 2 atom stereocenters. The third-order valence-corrected chi connectivity index (χ3v) is 8.79. The zero-order chi connectivity index (χ0) is 24.3. The molecule has 9 heteroatoms. The third kappa shape index (κ3) is 5.16. The van der Waals surface area contributed by atoms with Crippen molar-refractivity contribution in [1.82, 2.24) is 9.21 Å². The number of rotatable bonds is 7. The molecule has 182 valence electrons. The smallest absolute Gasteiger partial charge is 0.255 e. The Morgan fingerprint density at radius 1 is 1.03 bits per heavy atom. The predicted molar refractivity (Wildman–Crippen MR) is 131 cm³/mol. The van der Waals surface area contributed by atoms with Crippen molar-refractivity contribution in [2.45, 2.75) is 62.6 Å². The van der Waals surface area contributed by atoms with Gasteiger partial charge in [-0.15, -0.1) is 0 Å². The fourth-order valence-corrected chi connectivity index (χ4v) is 6.64.